The van der Waals surface area contributed by atoms with Crippen molar-refractivity contribution in [2.45, 2.75) is 33.1 Å². The number of hydrogen-bond acceptors (Lipinski definition) is 3. The van der Waals surface area contributed by atoms with Gasteiger partial charge in [0.05, 0.1) is 11.0 Å². The third kappa shape index (κ3) is 2.53. The maximum atomic E-state index is 12.9. The van der Waals surface area contributed by atoms with Crippen LogP contribution >= 0.6 is 0 Å². The van der Waals surface area contributed by atoms with Crippen LogP contribution in [0.25, 0.3) is 0 Å². The van der Waals surface area contributed by atoms with Gasteiger partial charge in [-0.3, -0.25) is 4.79 Å². The zero-order valence-corrected chi connectivity index (χ0v) is 12.6. The Labute approximate surface area is 124 Å². The van der Waals surface area contributed by atoms with Gasteiger partial charge in [-0.2, -0.15) is 0 Å². The van der Waals surface area contributed by atoms with Gasteiger partial charge in [0, 0.05) is 18.8 Å². The van der Waals surface area contributed by atoms with Gasteiger partial charge < -0.3 is 15.7 Å². The summed E-state index contributed by atoms with van der Waals surface area (Å²) in [6, 6.07) is 4.98. The summed E-state index contributed by atoms with van der Waals surface area (Å²) in [7, 11) is 0. The Hall–Kier alpha value is -1.88. The minimum atomic E-state index is -0.979. The fourth-order valence-corrected chi connectivity index (χ4v) is 2.94. The second kappa shape index (κ2) is 5.85. The average Bonchev–Trinajstić information content (AvgIpc) is 2.92. The third-order valence-corrected chi connectivity index (χ3v) is 4.67. The molecule has 1 amide bonds. The molecule has 0 spiro atoms. The van der Waals surface area contributed by atoms with Crippen molar-refractivity contribution in [1.29, 1.82) is 0 Å². The lowest BCUT2D eigenvalue weighted by atomic mass is 9.81. The first-order valence-electron chi connectivity index (χ1n) is 7.37. The van der Waals surface area contributed by atoms with Gasteiger partial charge in [0.2, 0.25) is 5.91 Å². The van der Waals surface area contributed by atoms with Crippen molar-refractivity contribution in [2.24, 2.45) is 11.1 Å². The number of hydrogen-bond donors (Lipinski definition) is 2. The van der Waals surface area contributed by atoms with Gasteiger partial charge in [-0.1, -0.05) is 19.9 Å². The lowest BCUT2D eigenvalue weighted by Crippen LogP contribution is -2.47. The number of nitrogens with zero attached hydrogens (tertiary/aromatic N) is 1. The predicted octanol–water partition coefficient (Wildman–Crippen LogP) is 2.04. The number of amides is 1. The van der Waals surface area contributed by atoms with Crippen molar-refractivity contribution in [1.82, 2.24) is 0 Å². The van der Waals surface area contributed by atoms with Crippen molar-refractivity contribution >= 4 is 17.6 Å². The highest BCUT2D eigenvalue weighted by Gasteiger charge is 2.39. The minimum Gasteiger partial charge on any atom is -0.478 e. The molecule has 0 atom stereocenters. The number of carboxylic acids is 1. The number of benzene rings is 1. The Morgan fingerprint density at radius 3 is 2.52 bits per heavy atom. The Morgan fingerprint density at radius 1 is 1.33 bits per heavy atom. The van der Waals surface area contributed by atoms with E-state index < -0.39 is 11.4 Å². The van der Waals surface area contributed by atoms with Crippen LogP contribution < -0.4 is 10.6 Å². The maximum absolute atomic E-state index is 12.9. The van der Waals surface area contributed by atoms with E-state index in [0.29, 0.717) is 25.9 Å². The Morgan fingerprint density at radius 2 is 2.00 bits per heavy atom. The Bertz CT molecular complexity index is 556. The van der Waals surface area contributed by atoms with E-state index in [2.05, 4.69) is 0 Å². The molecular formula is C16H22N2O3. The fraction of sp³-hybridized carbons (Fsp3) is 0.500. The average molecular weight is 290 g/mol. The predicted molar refractivity (Wildman–Crippen MR) is 81.5 cm³/mol. The quantitative estimate of drug-likeness (QED) is 0.869. The van der Waals surface area contributed by atoms with Crippen LogP contribution in [0.5, 0.6) is 0 Å². The van der Waals surface area contributed by atoms with Crippen LogP contribution in [0.2, 0.25) is 0 Å². The van der Waals surface area contributed by atoms with Gasteiger partial charge in [0.1, 0.15) is 0 Å². The van der Waals surface area contributed by atoms with E-state index in [1.165, 1.54) is 0 Å². The van der Waals surface area contributed by atoms with Crippen molar-refractivity contribution in [3.63, 3.8) is 0 Å². The number of aromatic carboxylic acids is 1. The number of fused-ring (bicyclic) bond motifs is 1. The summed E-state index contributed by atoms with van der Waals surface area (Å²) in [6.07, 6.45) is 2.13. The summed E-state index contributed by atoms with van der Waals surface area (Å²) in [4.78, 5) is 25.7. The van der Waals surface area contributed by atoms with E-state index in [1.54, 1.807) is 23.1 Å². The van der Waals surface area contributed by atoms with Crippen molar-refractivity contribution < 1.29 is 14.7 Å². The lowest BCUT2D eigenvalue weighted by Gasteiger charge is -2.33. The van der Waals surface area contributed by atoms with Crippen LogP contribution in [0.15, 0.2) is 18.2 Å². The standard InChI is InChI=1S/C16H22N2O3/c1-3-16(4-2,10-17)15(21)18-8-7-11-5-6-12(14(19)20)9-13(11)18/h5-6,9H,3-4,7-8,10,17H2,1-2H3,(H,19,20). The molecule has 0 aromatic heterocycles. The fourth-order valence-electron chi connectivity index (χ4n) is 2.94. The summed E-state index contributed by atoms with van der Waals surface area (Å²) in [5.41, 5.74) is 7.25. The number of carbonyl (C=O) groups excluding carboxylic acids is 1. The molecule has 0 radical (unpaired) electrons. The summed E-state index contributed by atoms with van der Waals surface area (Å²) in [5, 5.41) is 9.12. The lowest BCUT2D eigenvalue weighted by molar-refractivity contribution is -0.128. The van der Waals surface area contributed by atoms with Crippen molar-refractivity contribution in [2.75, 3.05) is 18.0 Å². The summed E-state index contributed by atoms with van der Waals surface area (Å²) < 4.78 is 0. The zero-order valence-electron chi connectivity index (χ0n) is 12.6. The van der Waals surface area contributed by atoms with Gasteiger partial charge in [0.15, 0.2) is 0 Å². The van der Waals surface area contributed by atoms with Crippen LogP contribution in [0.3, 0.4) is 0 Å². The van der Waals surface area contributed by atoms with Crippen LogP contribution in [0.1, 0.15) is 42.6 Å². The highest BCUT2D eigenvalue weighted by Crippen LogP contribution is 2.35. The molecule has 0 aliphatic carbocycles. The Kier molecular flexibility index (Phi) is 4.32. The molecule has 1 aromatic rings. The molecule has 0 saturated carbocycles. The van der Waals surface area contributed by atoms with E-state index >= 15 is 0 Å². The van der Waals surface area contributed by atoms with Gasteiger partial charge >= 0.3 is 5.97 Å². The first kappa shape index (κ1) is 15.5. The molecule has 0 saturated heterocycles. The van der Waals surface area contributed by atoms with E-state index in [1.807, 2.05) is 13.8 Å². The second-order valence-corrected chi connectivity index (χ2v) is 5.55. The molecule has 5 nitrogen and oxygen atoms in total. The molecule has 21 heavy (non-hydrogen) atoms. The molecule has 114 valence electrons. The molecule has 0 unspecified atom stereocenters. The van der Waals surface area contributed by atoms with Crippen LogP contribution in [-0.2, 0) is 11.2 Å². The van der Waals surface area contributed by atoms with Gasteiger partial charge in [-0.15, -0.1) is 0 Å². The van der Waals surface area contributed by atoms with Crippen LogP contribution in [-0.4, -0.2) is 30.1 Å². The highest BCUT2D eigenvalue weighted by molar-refractivity contribution is 6.01. The van der Waals surface area contributed by atoms with Crippen LogP contribution in [0.4, 0.5) is 5.69 Å². The van der Waals surface area contributed by atoms with Crippen molar-refractivity contribution in [3.8, 4) is 0 Å². The highest BCUT2D eigenvalue weighted by atomic mass is 16.4. The van der Waals surface area contributed by atoms with Gasteiger partial charge in [0.25, 0.3) is 0 Å². The number of carbonyl (C=O) groups is 2. The summed E-state index contributed by atoms with van der Waals surface area (Å²) in [5.74, 6) is -0.968. The summed E-state index contributed by atoms with van der Waals surface area (Å²) in [6.45, 7) is 4.85. The molecule has 0 bridgehead atoms. The Balaban J connectivity index is 2.39. The first-order valence-corrected chi connectivity index (χ1v) is 7.37. The van der Waals surface area contributed by atoms with E-state index in [0.717, 1.165) is 17.7 Å². The maximum Gasteiger partial charge on any atom is 0.335 e. The molecule has 5 heteroatoms. The molecule has 1 heterocycles. The van der Waals surface area contributed by atoms with Gasteiger partial charge in [-0.25, -0.2) is 4.79 Å². The smallest absolute Gasteiger partial charge is 0.335 e. The molecule has 0 fully saturated rings. The number of carboxylic acid groups (broad SMARTS) is 1. The topological polar surface area (TPSA) is 83.6 Å². The normalized spacial score (nSPS) is 14.1. The summed E-state index contributed by atoms with van der Waals surface area (Å²) >= 11 is 0. The zero-order chi connectivity index (χ0) is 15.6. The molecule has 1 aromatic carbocycles. The number of rotatable bonds is 5. The molecule has 3 N–H and O–H groups in total. The van der Waals surface area contributed by atoms with Crippen molar-refractivity contribution in [3.05, 3.63) is 29.3 Å². The number of anilines is 1. The SMILES string of the molecule is CCC(CC)(CN)C(=O)N1CCc2ccc(C(=O)O)cc21. The largest absolute Gasteiger partial charge is 0.478 e. The molecule has 1 aliphatic heterocycles. The van der Waals surface area contributed by atoms with Crippen LogP contribution in [0, 0.1) is 5.41 Å². The number of nitrogens with two attached hydrogens (primary N) is 1. The molecular weight excluding hydrogens is 268 g/mol. The third-order valence-electron chi connectivity index (χ3n) is 4.67. The van der Waals surface area contributed by atoms with E-state index in [4.69, 9.17) is 10.8 Å². The van der Waals surface area contributed by atoms with Gasteiger partial charge in [-0.05, 0) is 37.0 Å². The first-order chi connectivity index (χ1) is 9.99. The molecule has 2 rings (SSSR count). The second-order valence-electron chi connectivity index (χ2n) is 5.55. The monoisotopic (exact) mass is 290 g/mol. The molecule has 1 aliphatic rings. The minimum absolute atomic E-state index is 0.0105. The van der Waals surface area contributed by atoms with E-state index in [9.17, 15) is 9.59 Å². The van der Waals surface area contributed by atoms with E-state index in [-0.39, 0.29) is 11.5 Å².